The van der Waals surface area contributed by atoms with Crippen LogP contribution in [0, 0.1) is 0 Å². The molecule has 70 valence electrons. The molecule has 0 aromatic heterocycles. The van der Waals surface area contributed by atoms with Crippen LogP contribution in [0.1, 0.15) is 0 Å². The molecule has 7 heteroatoms. The molecule has 0 radical (unpaired) electrons. The van der Waals surface area contributed by atoms with Crippen LogP contribution in [0.15, 0.2) is 0 Å². The first-order chi connectivity index (χ1) is 5.41. The summed E-state index contributed by atoms with van der Waals surface area (Å²) in [4.78, 5) is 10.2. The molecule has 0 amide bonds. The molecular weight excluding hydrogens is 208 g/mol. The third-order valence-corrected chi connectivity index (χ3v) is 3.29. The summed E-state index contributed by atoms with van der Waals surface area (Å²) in [6.45, 7) is 0. The van der Waals surface area contributed by atoms with E-state index in [-0.39, 0.29) is 11.5 Å². The Balaban J connectivity index is 2.64. The van der Waals surface area contributed by atoms with Crippen LogP contribution < -0.4 is 0 Å². The Bertz CT molecular complexity index is 284. The fourth-order valence-electron chi connectivity index (χ4n) is 1.03. The first kappa shape index (κ1) is 9.76. The molecule has 2 atom stereocenters. The fraction of sp³-hybridized carbons (Fsp3) is 0.800. The molecule has 0 bridgehead atoms. The minimum Gasteiger partial charge on any atom is -0.446 e. The summed E-state index contributed by atoms with van der Waals surface area (Å²) in [5.41, 5.74) is -1.10. The highest BCUT2D eigenvalue weighted by molar-refractivity contribution is 7.91. The molecule has 0 aliphatic carbocycles. The molecule has 0 aromatic rings. The number of hydrogen-bond donors (Lipinski definition) is 1. The standard InChI is InChI=1S/C5H7ClO5S/c6-5(8)11-4-2-12(9,10)1-3(4)7/h3-4,7H,1-2H2/t3-,4+/m1/s1. The highest BCUT2D eigenvalue weighted by atomic mass is 35.5. The number of aliphatic hydroxyl groups is 1. The summed E-state index contributed by atoms with van der Waals surface area (Å²) in [6.07, 6.45) is -2.17. The van der Waals surface area contributed by atoms with Crippen LogP contribution in [0.25, 0.3) is 0 Å². The minimum absolute atomic E-state index is 0.355. The van der Waals surface area contributed by atoms with E-state index in [9.17, 15) is 13.2 Å². The van der Waals surface area contributed by atoms with E-state index in [0.29, 0.717) is 0 Å². The zero-order valence-corrected chi connectivity index (χ0v) is 7.51. The predicted molar refractivity (Wildman–Crippen MR) is 40.8 cm³/mol. The van der Waals surface area contributed by atoms with Crippen molar-refractivity contribution in [2.75, 3.05) is 11.5 Å². The average molecular weight is 215 g/mol. The lowest BCUT2D eigenvalue weighted by molar-refractivity contribution is 0.0453. The van der Waals surface area contributed by atoms with Crippen LogP contribution in [-0.2, 0) is 14.6 Å². The van der Waals surface area contributed by atoms with Gasteiger partial charge in [-0.15, -0.1) is 0 Å². The predicted octanol–water partition coefficient (Wildman–Crippen LogP) is -0.480. The zero-order chi connectivity index (χ0) is 9.35. The molecule has 1 heterocycles. The lowest BCUT2D eigenvalue weighted by Gasteiger charge is -2.10. The molecule has 0 unspecified atom stereocenters. The molecule has 0 aromatic carbocycles. The highest BCUT2D eigenvalue weighted by Gasteiger charge is 2.38. The molecule has 1 fully saturated rings. The van der Waals surface area contributed by atoms with Gasteiger partial charge in [-0.05, 0) is 0 Å². The van der Waals surface area contributed by atoms with Crippen molar-refractivity contribution in [1.82, 2.24) is 0 Å². The third-order valence-electron chi connectivity index (χ3n) is 1.52. The molecule has 1 N–H and O–H groups in total. The molecule has 1 aliphatic rings. The maximum absolute atomic E-state index is 10.8. The van der Waals surface area contributed by atoms with Crippen molar-refractivity contribution in [1.29, 1.82) is 0 Å². The molecule has 1 aliphatic heterocycles. The molecule has 5 nitrogen and oxygen atoms in total. The van der Waals surface area contributed by atoms with Crippen molar-refractivity contribution < 1.29 is 23.1 Å². The Labute approximate surface area is 74.2 Å². The van der Waals surface area contributed by atoms with E-state index in [1.165, 1.54) is 0 Å². The second-order valence-corrected chi connectivity index (χ2v) is 5.00. The van der Waals surface area contributed by atoms with E-state index >= 15 is 0 Å². The Morgan fingerprint density at radius 3 is 2.42 bits per heavy atom. The fourth-order valence-corrected chi connectivity index (χ4v) is 2.80. The zero-order valence-electron chi connectivity index (χ0n) is 5.94. The molecular formula is C5H7ClO5S. The quantitative estimate of drug-likeness (QED) is 0.597. The summed E-state index contributed by atoms with van der Waals surface area (Å²) in [7, 11) is -3.28. The lowest BCUT2D eigenvalue weighted by Crippen LogP contribution is -2.27. The summed E-state index contributed by atoms with van der Waals surface area (Å²) in [6, 6.07) is 0. The Morgan fingerprint density at radius 1 is 1.50 bits per heavy atom. The number of sulfone groups is 1. The smallest absolute Gasteiger partial charge is 0.404 e. The molecule has 0 spiro atoms. The van der Waals surface area contributed by atoms with Gasteiger partial charge in [-0.2, -0.15) is 0 Å². The first-order valence-electron chi connectivity index (χ1n) is 3.15. The van der Waals surface area contributed by atoms with Gasteiger partial charge in [-0.25, -0.2) is 13.2 Å². The molecule has 12 heavy (non-hydrogen) atoms. The van der Waals surface area contributed by atoms with Crippen LogP contribution in [0.5, 0.6) is 0 Å². The van der Waals surface area contributed by atoms with Gasteiger partial charge in [0.15, 0.2) is 9.84 Å². The van der Waals surface area contributed by atoms with Crippen molar-refractivity contribution in [3.63, 3.8) is 0 Å². The van der Waals surface area contributed by atoms with E-state index in [2.05, 4.69) is 4.74 Å². The molecule has 1 rings (SSSR count). The van der Waals surface area contributed by atoms with Crippen LogP contribution in [-0.4, -0.2) is 42.7 Å². The Kier molecular flexibility index (Phi) is 2.60. The van der Waals surface area contributed by atoms with Crippen LogP contribution in [0.2, 0.25) is 0 Å². The highest BCUT2D eigenvalue weighted by Crippen LogP contribution is 2.16. The number of carbonyl (C=O) groups excluding carboxylic acids is 1. The van der Waals surface area contributed by atoms with E-state index in [0.717, 1.165) is 0 Å². The van der Waals surface area contributed by atoms with Crippen molar-refractivity contribution in [3.8, 4) is 0 Å². The molecule has 1 saturated heterocycles. The van der Waals surface area contributed by atoms with E-state index in [1.54, 1.807) is 0 Å². The van der Waals surface area contributed by atoms with E-state index in [4.69, 9.17) is 16.7 Å². The van der Waals surface area contributed by atoms with E-state index < -0.39 is 27.5 Å². The van der Waals surface area contributed by atoms with Crippen molar-refractivity contribution in [2.45, 2.75) is 12.2 Å². The van der Waals surface area contributed by atoms with Gasteiger partial charge < -0.3 is 9.84 Å². The Hall–Kier alpha value is -0.330. The summed E-state index contributed by atoms with van der Waals surface area (Å²) >= 11 is 4.85. The number of aliphatic hydroxyl groups excluding tert-OH is 1. The third kappa shape index (κ3) is 2.33. The van der Waals surface area contributed by atoms with Gasteiger partial charge in [0.2, 0.25) is 0 Å². The van der Waals surface area contributed by atoms with Crippen LogP contribution in [0.3, 0.4) is 0 Å². The van der Waals surface area contributed by atoms with Crippen LogP contribution in [0.4, 0.5) is 4.79 Å². The number of halogens is 1. The van der Waals surface area contributed by atoms with Crippen molar-refractivity contribution in [3.05, 3.63) is 0 Å². The first-order valence-corrected chi connectivity index (χ1v) is 5.35. The lowest BCUT2D eigenvalue weighted by atomic mass is 10.3. The number of ether oxygens (including phenoxy) is 1. The van der Waals surface area contributed by atoms with Gasteiger partial charge in [0.05, 0.1) is 11.5 Å². The topological polar surface area (TPSA) is 80.7 Å². The second-order valence-electron chi connectivity index (χ2n) is 2.54. The van der Waals surface area contributed by atoms with Gasteiger partial charge >= 0.3 is 5.43 Å². The monoisotopic (exact) mass is 214 g/mol. The Morgan fingerprint density at radius 2 is 2.08 bits per heavy atom. The largest absolute Gasteiger partial charge is 0.446 e. The van der Waals surface area contributed by atoms with Gasteiger partial charge in [-0.3, -0.25) is 0 Å². The maximum atomic E-state index is 10.8. The molecule has 0 saturated carbocycles. The van der Waals surface area contributed by atoms with E-state index in [1.807, 2.05) is 0 Å². The summed E-state index contributed by atoms with van der Waals surface area (Å²) in [5.74, 6) is -0.728. The van der Waals surface area contributed by atoms with Gasteiger partial charge in [0.1, 0.15) is 12.2 Å². The normalized spacial score (nSPS) is 33.2. The maximum Gasteiger partial charge on any atom is 0.404 e. The van der Waals surface area contributed by atoms with Gasteiger partial charge in [0, 0.05) is 11.6 Å². The second kappa shape index (κ2) is 3.20. The average Bonchev–Trinajstić information content (AvgIpc) is 2.03. The minimum atomic E-state index is -3.28. The van der Waals surface area contributed by atoms with Gasteiger partial charge in [0.25, 0.3) is 0 Å². The SMILES string of the molecule is O=C(Cl)O[C@H]1CS(=O)(=O)C[C@H]1O. The van der Waals surface area contributed by atoms with Gasteiger partial charge in [-0.1, -0.05) is 0 Å². The number of rotatable bonds is 1. The summed E-state index contributed by atoms with van der Waals surface area (Å²) in [5, 5.41) is 9.06. The van der Waals surface area contributed by atoms with Crippen LogP contribution >= 0.6 is 11.6 Å². The number of carbonyl (C=O) groups is 1. The van der Waals surface area contributed by atoms with Crippen molar-refractivity contribution >= 4 is 26.9 Å². The summed E-state index contributed by atoms with van der Waals surface area (Å²) < 4.78 is 26.0. The van der Waals surface area contributed by atoms with Crippen molar-refractivity contribution in [2.24, 2.45) is 0 Å². The number of hydrogen-bond acceptors (Lipinski definition) is 5.